The molecular weight excluding hydrogens is 559 g/mol. The summed E-state index contributed by atoms with van der Waals surface area (Å²) in [7, 11) is -1.88. The number of amides is 3. The number of hydrogen-bond donors (Lipinski definition) is 3. The third-order valence-corrected chi connectivity index (χ3v) is 4.76. The monoisotopic (exact) mass is 581 g/mol. The second kappa shape index (κ2) is 14.4. The summed E-state index contributed by atoms with van der Waals surface area (Å²) >= 11 is 8.30. The van der Waals surface area contributed by atoms with Gasteiger partial charge < -0.3 is 27.4 Å². The Morgan fingerprint density at radius 1 is 1.36 bits per heavy atom. The molecule has 0 aromatic carbocycles. The SMILES string of the molecule is O=C(CCN1C(=O)CC([S-])C1=O)NCCCCCCOP(O)OS.[W]. The average Bonchev–Trinajstić information content (AvgIpc) is 2.80. The molecule has 1 aliphatic rings. The normalized spacial score (nSPS) is 18.2. The summed E-state index contributed by atoms with van der Waals surface area (Å²) in [5, 5.41) is 2.06. The molecule has 1 rings (SSSR count). The molecule has 2 unspecified atom stereocenters. The fourth-order valence-corrected chi connectivity index (χ4v) is 2.91. The molecule has 0 saturated carbocycles. The zero-order chi connectivity index (χ0) is 17.9. The zero-order valence-corrected chi connectivity index (χ0v) is 19.1. The zero-order valence-electron chi connectivity index (χ0n) is 13.6. The smallest absolute Gasteiger partial charge is 0.341 e. The molecule has 2 N–H and O–H groups in total. The molecule has 1 saturated heterocycles. The van der Waals surface area contributed by atoms with E-state index < -0.39 is 13.9 Å². The number of nitrogens with one attached hydrogen (secondary N) is 1. The van der Waals surface area contributed by atoms with Crippen LogP contribution in [-0.4, -0.2) is 52.5 Å². The Hall–Kier alpha value is 0.308. The van der Waals surface area contributed by atoms with Crippen LogP contribution in [-0.2, 0) is 56.6 Å². The first-order chi connectivity index (χ1) is 11.5. The quantitative estimate of drug-likeness (QED) is 0.0784. The van der Waals surface area contributed by atoms with E-state index in [0.717, 1.165) is 30.6 Å². The van der Waals surface area contributed by atoms with Crippen molar-refractivity contribution in [3.8, 4) is 0 Å². The van der Waals surface area contributed by atoms with Gasteiger partial charge in [-0.15, -0.1) is 0 Å². The molecule has 12 heteroatoms. The summed E-state index contributed by atoms with van der Waals surface area (Å²) in [6, 6.07) is 0. The molecule has 1 heterocycles. The molecular formula is C13H22N2O6PS2W-. The van der Waals surface area contributed by atoms with E-state index >= 15 is 0 Å². The molecule has 0 aromatic rings. The summed E-state index contributed by atoms with van der Waals surface area (Å²) in [5.41, 5.74) is 0. The van der Waals surface area contributed by atoms with Crippen molar-refractivity contribution in [2.24, 2.45) is 0 Å². The maximum absolute atomic E-state index is 11.7. The van der Waals surface area contributed by atoms with Gasteiger partial charge in [-0.2, -0.15) is 0 Å². The van der Waals surface area contributed by atoms with Crippen molar-refractivity contribution >= 4 is 51.9 Å². The Morgan fingerprint density at radius 2 is 2.04 bits per heavy atom. The van der Waals surface area contributed by atoms with Crippen molar-refractivity contribution in [1.29, 1.82) is 0 Å². The molecule has 2 atom stereocenters. The minimum absolute atomic E-state index is 0. The molecule has 0 bridgehead atoms. The van der Waals surface area contributed by atoms with Crippen molar-refractivity contribution in [3.63, 3.8) is 0 Å². The standard InChI is InChI=1S/C13H23N2O6PS2.W/c16-11(5-7-15-12(17)9-10(23)13(15)18)14-6-3-1-2-4-8-20-22(19)21-24;/h10,19,23-24H,1-9H2,(H,14,16);/p-1. The van der Waals surface area contributed by atoms with E-state index in [2.05, 4.69) is 22.2 Å². The van der Waals surface area contributed by atoms with Gasteiger partial charge in [-0.05, 0) is 25.8 Å². The van der Waals surface area contributed by atoms with E-state index in [1.54, 1.807) is 0 Å². The van der Waals surface area contributed by atoms with Crippen LogP contribution in [0.15, 0.2) is 0 Å². The number of unbranched alkanes of at least 4 members (excludes halogenated alkanes) is 3. The topological polar surface area (TPSA) is 105 Å². The van der Waals surface area contributed by atoms with Crippen molar-refractivity contribution in [3.05, 3.63) is 0 Å². The molecule has 25 heavy (non-hydrogen) atoms. The fraction of sp³-hybridized carbons (Fsp3) is 0.769. The van der Waals surface area contributed by atoms with Crippen molar-refractivity contribution < 1.29 is 48.8 Å². The number of hydrogen-bond acceptors (Lipinski definition) is 8. The van der Waals surface area contributed by atoms with Gasteiger partial charge in [0.1, 0.15) is 0 Å². The molecule has 1 fully saturated rings. The van der Waals surface area contributed by atoms with Crippen LogP contribution < -0.4 is 5.32 Å². The van der Waals surface area contributed by atoms with Crippen LogP contribution in [0.3, 0.4) is 0 Å². The minimum Gasteiger partial charge on any atom is -0.779 e. The maximum atomic E-state index is 11.7. The Labute approximate surface area is 174 Å². The van der Waals surface area contributed by atoms with Crippen LogP contribution in [0, 0.1) is 0 Å². The van der Waals surface area contributed by atoms with Crippen molar-refractivity contribution in [2.45, 2.75) is 43.8 Å². The predicted molar refractivity (Wildman–Crippen MR) is 93.7 cm³/mol. The number of imide groups is 1. The largest absolute Gasteiger partial charge is 0.779 e. The van der Waals surface area contributed by atoms with Crippen LogP contribution in [0.2, 0.25) is 0 Å². The van der Waals surface area contributed by atoms with Gasteiger partial charge in [-0.25, -0.2) is 3.97 Å². The molecule has 3 amide bonds. The second-order valence-corrected chi connectivity index (χ2v) is 7.20. The Kier molecular flexibility index (Phi) is 14.6. The average molecular weight is 581 g/mol. The summed E-state index contributed by atoms with van der Waals surface area (Å²) in [6.07, 6.45) is 3.57. The van der Waals surface area contributed by atoms with E-state index in [9.17, 15) is 14.4 Å². The van der Waals surface area contributed by atoms with Crippen LogP contribution in [0.1, 0.15) is 38.5 Å². The fourth-order valence-electron chi connectivity index (χ4n) is 2.16. The van der Waals surface area contributed by atoms with Gasteiger partial charge in [0.25, 0.3) is 0 Å². The molecule has 8 nitrogen and oxygen atoms in total. The Bertz CT molecular complexity index is 449. The van der Waals surface area contributed by atoms with Crippen LogP contribution in [0.4, 0.5) is 0 Å². The van der Waals surface area contributed by atoms with E-state index in [1.807, 2.05) is 0 Å². The summed E-state index contributed by atoms with van der Waals surface area (Å²) in [5.74, 6) is -0.867. The summed E-state index contributed by atoms with van der Waals surface area (Å²) in [6.45, 7) is 1.03. The molecule has 144 valence electrons. The van der Waals surface area contributed by atoms with E-state index in [0.29, 0.717) is 13.2 Å². The number of carbonyl (C=O) groups excluding carboxylic acids is 3. The third-order valence-electron chi connectivity index (χ3n) is 3.43. The summed E-state index contributed by atoms with van der Waals surface area (Å²) in [4.78, 5) is 44.9. The minimum atomic E-state index is -1.88. The first kappa shape index (κ1) is 25.3. The van der Waals surface area contributed by atoms with E-state index in [1.165, 1.54) is 0 Å². The molecule has 0 aromatic heterocycles. The molecule has 0 radical (unpaired) electrons. The number of thiol groups is 1. The molecule has 1 aliphatic heterocycles. The number of carbonyl (C=O) groups is 3. The maximum Gasteiger partial charge on any atom is 0.341 e. The van der Waals surface area contributed by atoms with Gasteiger partial charge in [0.2, 0.25) is 17.7 Å². The van der Waals surface area contributed by atoms with Crippen LogP contribution in [0.5, 0.6) is 0 Å². The molecule has 0 spiro atoms. The first-order valence-corrected chi connectivity index (χ1v) is 9.62. The first-order valence-electron chi connectivity index (χ1n) is 7.66. The van der Waals surface area contributed by atoms with Gasteiger partial charge in [-0.3, -0.25) is 19.3 Å². The van der Waals surface area contributed by atoms with E-state index in [-0.39, 0.29) is 58.2 Å². The van der Waals surface area contributed by atoms with Crippen LogP contribution >= 0.6 is 21.5 Å². The number of rotatable bonds is 12. The number of nitrogens with zero attached hydrogens (tertiary/aromatic N) is 1. The molecule has 0 aliphatic carbocycles. The summed E-state index contributed by atoms with van der Waals surface area (Å²) < 4.78 is 9.22. The third kappa shape index (κ3) is 10.3. The van der Waals surface area contributed by atoms with Crippen molar-refractivity contribution in [2.75, 3.05) is 19.7 Å². The van der Waals surface area contributed by atoms with Gasteiger partial charge in [0, 0.05) is 47.0 Å². The predicted octanol–water partition coefficient (Wildman–Crippen LogP) is 0.822. The Balaban J connectivity index is 0.00000576. The van der Waals surface area contributed by atoms with Gasteiger partial charge >= 0.3 is 8.60 Å². The number of likely N-dealkylation sites (tertiary alicyclic amines) is 1. The van der Waals surface area contributed by atoms with E-state index in [4.69, 9.17) is 22.0 Å². The van der Waals surface area contributed by atoms with Gasteiger partial charge in [0.15, 0.2) is 0 Å². The van der Waals surface area contributed by atoms with Crippen molar-refractivity contribution in [1.82, 2.24) is 10.2 Å². The Morgan fingerprint density at radius 3 is 2.64 bits per heavy atom. The van der Waals surface area contributed by atoms with Gasteiger partial charge in [-0.1, -0.05) is 18.1 Å². The van der Waals surface area contributed by atoms with Crippen LogP contribution in [0.25, 0.3) is 0 Å². The second-order valence-electron chi connectivity index (χ2n) is 5.24. The van der Waals surface area contributed by atoms with Gasteiger partial charge in [0.05, 0.1) is 6.61 Å².